The van der Waals surface area contributed by atoms with Gasteiger partial charge < -0.3 is 16.4 Å². The van der Waals surface area contributed by atoms with Gasteiger partial charge in [0, 0.05) is 68.8 Å². The average Bonchev–Trinajstić information content (AvgIpc) is 3.61. The molecular weight excluding hydrogens is 727 g/mol. The quantitative estimate of drug-likeness (QED) is 0.114. The highest BCUT2D eigenvalue weighted by molar-refractivity contribution is 7.15. The lowest BCUT2D eigenvalue weighted by Crippen LogP contribution is -2.27. The van der Waals surface area contributed by atoms with Crippen LogP contribution in [0.4, 0.5) is 18.9 Å². The first-order valence-corrected chi connectivity index (χ1v) is 17.7. The van der Waals surface area contributed by atoms with Crippen molar-refractivity contribution in [2.75, 3.05) is 18.4 Å². The average molecular weight is 760 g/mol. The standard InChI is InChI=1S/C37H33ClF3N9O2S/c1-20-21(2)53-35-32(20)33(23-8-10-26(38)11-9-23)47-29(34-49-48-22(3)50(34)35)17-31(52)43-15-5-7-30(51)46-27-12-13-28(24(16-27)6-4-14-42)25-18-44-36(45-19-25)37(39,40)41/h8-13,16,18-19,29H,5,7,14-15,17,42H2,1-3H3,(H,43,52)(H,46,51). The number of thiophene rings is 1. The van der Waals surface area contributed by atoms with Crippen molar-refractivity contribution in [1.82, 2.24) is 30.0 Å². The number of aromatic nitrogens is 5. The van der Waals surface area contributed by atoms with Crippen LogP contribution in [0.25, 0.3) is 16.1 Å². The fourth-order valence-corrected chi connectivity index (χ4v) is 7.16. The zero-order chi connectivity index (χ0) is 37.9. The summed E-state index contributed by atoms with van der Waals surface area (Å²) < 4.78 is 40.8. The highest BCUT2D eigenvalue weighted by Crippen LogP contribution is 2.39. The number of carbonyl (C=O) groups excluding carboxylic acids is 2. The van der Waals surface area contributed by atoms with Crippen LogP contribution in [0.15, 0.2) is 59.9 Å². The molecule has 0 saturated carbocycles. The molecule has 0 spiro atoms. The van der Waals surface area contributed by atoms with Gasteiger partial charge in [-0.2, -0.15) is 13.2 Å². The molecule has 3 aromatic heterocycles. The zero-order valence-corrected chi connectivity index (χ0v) is 30.4. The van der Waals surface area contributed by atoms with E-state index in [2.05, 4.69) is 56.5 Å². The minimum Gasteiger partial charge on any atom is -0.356 e. The zero-order valence-electron chi connectivity index (χ0n) is 28.8. The molecule has 1 aliphatic rings. The van der Waals surface area contributed by atoms with Crippen LogP contribution in [0, 0.1) is 32.6 Å². The number of nitrogens with zero attached hydrogens (tertiary/aromatic N) is 6. The number of hydrogen-bond acceptors (Lipinski definition) is 9. The summed E-state index contributed by atoms with van der Waals surface area (Å²) >= 11 is 7.83. The first-order valence-electron chi connectivity index (χ1n) is 16.5. The summed E-state index contributed by atoms with van der Waals surface area (Å²) in [5, 5.41) is 16.0. The summed E-state index contributed by atoms with van der Waals surface area (Å²) in [6, 6.07) is 11.6. The Morgan fingerprint density at radius 3 is 2.45 bits per heavy atom. The van der Waals surface area contributed by atoms with Gasteiger partial charge in [0.1, 0.15) is 16.9 Å². The number of rotatable bonds is 9. The molecule has 0 saturated heterocycles. The highest BCUT2D eigenvalue weighted by Gasteiger charge is 2.35. The van der Waals surface area contributed by atoms with E-state index in [0.717, 1.165) is 44.7 Å². The van der Waals surface area contributed by atoms with Gasteiger partial charge in [-0.05, 0) is 57.0 Å². The molecule has 0 fully saturated rings. The van der Waals surface area contributed by atoms with E-state index < -0.39 is 18.0 Å². The van der Waals surface area contributed by atoms with Crippen molar-refractivity contribution in [3.8, 4) is 28.0 Å². The minimum absolute atomic E-state index is 0.0112. The number of nitrogens with two attached hydrogens (primary N) is 1. The Hall–Kier alpha value is -5.43. The SMILES string of the molecule is Cc1sc2c(c1C)C(c1ccc(Cl)cc1)=NC(CC(=O)NCCCC(=O)Nc1ccc(-c3cnc(C(F)(F)F)nc3)c(C#CCN)c1)c1nnc(C)n1-2. The van der Waals surface area contributed by atoms with Crippen LogP contribution in [-0.4, -0.2) is 55.3 Å². The molecule has 5 aromatic rings. The predicted molar refractivity (Wildman–Crippen MR) is 197 cm³/mol. The highest BCUT2D eigenvalue weighted by atomic mass is 35.5. The van der Waals surface area contributed by atoms with E-state index in [1.165, 1.54) is 0 Å². The van der Waals surface area contributed by atoms with Gasteiger partial charge in [0.25, 0.3) is 0 Å². The molecule has 1 aliphatic heterocycles. The van der Waals surface area contributed by atoms with Gasteiger partial charge in [0.2, 0.25) is 17.6 Å². The number of nitrogens with one attached hydrogen (secondary N) is 2. The lowest BCUT2D eigenvalue weighted by Gasteiger charge is -2.13. The number of anilines is 1. The Morgan fingerprint density at radius 1 is 1.02 bits per heavy atom. The van der Waals surface area contributed by atoms with Crippen LogP contribution in [0.1, 0.15) is 69.9 Å². The van der Waals surface area contributed by atoms with E-state index in [-0.39, 0.29) is 37.7 Å². The molecular formula is C37H33ClF3N9O2S. The fourth-order valence-electron chi connectivity index (χ4n) is 5.82. The summed E-state index contributed by atoms with van der Waals surface area (Å²) in [5.74, 6) is 5.06. The number of aryl methyl sites for hydroxylation is 2. The third-order valence-corrected chi connectivity index (χ3v) is 9.93. The van der Waals surface area contributed by atoms with E-state index in [9.17, 15) is 22.8 Å². The first kappa shape index (κ1) is 37.3. The van der Waals surface area contributed by atoms with Crippen LogP contribution in [-0.2, 0) is 15.8 Å². The van der Waals surface area contributed by atoms with E-state index in [1.807, 2.05) is 35.8 Å². The second kappa shape index (κ2) is 15.7. The molecule has 4 heterocycles. The molecule has 53 heavy (non-hydrogen) atoms. The lowest BCUT2D eigenvalue weighted by atomic mass is 9.99. The Balaban J connectivity index is 1.10. The minimum atomic E-state index is -4.67. The molecule has 11 nitrogen and oxygen atoms in total. The lowest BCUT2D eigenvalue weighted by molar-refractivity contribution is -0.145. The van der Waals surface area contributed by atoms with Gasteiger partial charge >= 0.3 is 6.18 Å². The van der Waals surface area contributed by atoms with Crippen molar-refractivity contribution >= 4 is 46.2 Å². The molecule has 2 aromatic carbocycles. The smallest absolute Gasteiger partial charge is 0.356 e. The van der Waals surface area contributed by atoms with E-state index in [1.54, 1.807) is 29.5 Å². The Kier molecular flexibility index (Phi) is 11.0. The number of benzene rings is 2. The van der Waals surface area contributed by atoms with Crippen molar-refractivity contribution < 1.29 is 22.8 Å². The second-order valence-corrected chi connectivity index (χ2v) is 13.8. The number of alkyl halides is 3. The van der Waals surface area contributed by atoms with Gasteiger partial charge in [-0.15, -0.1) is 21.5 Å². The molecule has 0 bridgehead atoms. The number of halogens is 4. The maximum Gasteiger partial charge on any atom is 0.451 e. The van der Waals surface area contributed by atoms with Gasteiger partial charge in [0.05, 0.1) is 18.7 Å². The third-order valence-electron chi connectivity index (χ3n) is 8.48. The third kappa shape index (κ3) is 8.30. The summed E-state index contributed by atoms with van der Waals surface area (Å²) in [4.78, 5) is 39.2. The molecule has 272 valence electrons. The van der Waals surface area contributed by atoms with E-state index in [4.69, 9.17) is 22.3 Å². The number of carbonyl (C=O) groups is 2. The monoisotopic (exact) mass is 759 g/mol. The summed E-state index contributed by atoms with van der Waals surface area (Å²) in [7, 11) is 0. The Morgan fingerprint density at radius 2 is 1.75 bits per heavy atom. The predicted octanol–water partition coefficient (Wildman–Crippen LogP) is 6.51. The summed E-state index contributed by atoms with van der Waals surface area (Å²) in [5.41, 5.74) is 10.9. The van der Waals surface area contributed by atoms with E-state index in [0.29, 0.717) is 45.5 Å². The Labute approximate surface area is 311 Å². The number of fused-ring (bicyclic) bond motifs is 3. The van der Waals surface area contributed by atoms with Gasteiger partial charge in [0.15, 0.2) is 5.82 Å². The van der Waals surface area contributed by atoms with E-state index >= 15 is 0 Å². The second-order valence-electron chi connectivity index (χ2n) is 12.2. The molecule has 4 N–H and O–H groups in total. The fraction of sp³-hybridized carbons (Fsp3) is 0.270. The maximum atomic E-state index is 13.3. The molecule has 16 heteroatoms. The number of amides is 2. The molecule has 6 rings (SSSR count). The molecule has 0 aliphatic carbocycles. The largest absolute Gasteiger partial charge is 0.451 e. The van der Waals surface area contributed by atoms with Crippen molar-refractivity contribution in [1.29, 1.82) is 0 Å². The van der Waals surface area contributed by atoms with Crippen molar-refractivity contribution in [3.63, 3.8) is 0 Å². The van der Waals surface area contributed by atoms with Crippen LogP contribution in [0.2, 0.25) is 5.02 Å². The van der Waals surface area contributed by atoms with Crippen LogP contribution in [0.5, 0.6) is 0 Å². The summed E-state index contributed by atoms with van der Waals surface area (Å²) in [6.07, 6.45) is -2.06. The molecule has 0 radical (unpaired) electrons. The number of aliphatic imine (C=N–C) groups is 1. The van der Waals surface area contributed by atoms with Gasteiger partial charge in [-0.25, -0.2) is 9.97 Å². The van der Waals surface area contributed by atoms with Gasteiger partial charge in [-0.1, -0.05) is 41.6 Å². The van der Waals surface area contributed by atoms with Crippen LogP contribution in [0.3, 0.4) is 0 Å². The topological polar surface area (TPSA) is 153 Å². The van der Waals surface area contributed by atoms with Crippen LogP contribution < -0.4 is 16.4 Å². The maximum absolute atomic E-state index is 13.3. The van der Waals surface area contributed by atoms with Crippen molar-refractivity contribution in [2.24, 2.45) is 10.7 Å². The molecule has 2 amide bonds. The first-order chi connectivity index (χ1) is 25.3. The normalized spacial score (nSPS) is 13.6. The Bertz CT molecular complexity index is 2270. The van der Waals surface area contributed by atoms with Crippen molar-refractivity contribution in [2.45, 2.75) is 52.3 Å². The van der Waals surface area contributed by atoms with Crippen LogP contribution >= 0.6 is 22.9 Å². The van der Waals surface area contributed by atoms with Crippen molar-refractivity contribution in [3.05, 3.63) is 104 Å². The van der Waals surface area contributed by atoms with Gasteiger partial charge in [-0.3, -0.25) is 19.1 Å². The summed E-state index contributed by atoms with van der Waals surface area (Å²) in [6.45, 7) is 6.28. The number of hydrogen-bond donors (Lipinski definition) is 3. The molecule has 1 unspecified atom stereocenters. The molecule has 1 atom stereocenters.